The van der Waals surface area contributed by atoms with Crippen molar-refractivity contribution in [1.82, 2.24) is 0 Å². The van der Waals surface area contributed by atoms with Crippen LogP contribution in [0.4, 0.5) is 0 Å². The van der Waals surface area contributed by atoms with Crippen LogP contribution < -0.4 is 0 Å². The van der Waals surface area contributed by atoms with Crippen molar-refractivity contribution in [3.8, 4) is 0 Å². The number of allylic oxidation sites excluding steroid dienone is 5. The second kappa shape index (κ2) is 6.86. The molecule has 8 atom stereocenters. The normalized spacial score (nSPS) is 45.7. The average molecular weight is 385 g/mol. The van der Waals surface area contributed by atoms with E-state index in [4.69, 9.17) is 4.74 Å². The van der Waals surface area contributed by atoms with Gasteiger partial charge in [0, 0.05) is 17.9 Å². The minimum atomic E-state index is -0.743. The maximum atomic E-state index is 12.5. The molecule has 0 amide bonds. The summed E-state index contributed by atoms with van der Waals surface area (Å²) in [4.78, 5) is 12.5. The van der Waals surface area contributed by atoms with Gasteiger partial charge >= 0.3 is 5.97 Å². The minimum Gasteiger partial charge on any atom is -0.458 e. The van der Waals surface area contributed by atoms with E-state index in [1.165, 1.54) is 18.4 Å². The molecule has 1 aliphatic heterocycles. The van der Waals surface area contributed by atoms with Crippen LogP contribution >= 0.6 is 0 Å². The van der Waals surface area contributed by atoms with E-state index in [-0.39, 0.29) is 29.3 Å². The molecule has 1 heterocycles. The van der Waals surface area contributed by atoms with E-state index in [0.717, 1.165) is 18.4 Å². The Morgan fingerprint density at radius 3 is 2.75 bits per heavy atom. The van der Waals surface area contributed by atoms with Crippen LogP contribution in [0.2, 0.25) is 0 Å². The number of ether oxygens (including phenoxy) is 1. The summed E-state index contributed by atoms with van der Waals surface area (Å²) in [6.45, 7) is 11.0. The van der Waals surface area contributed by atoms with Crippen molar-refractivity contribution in [2.75, 3.05) is 0 Å². The van der Waals surface area contributed by atoms with Gasteiger partial charge in [-0.3, -0.25) is 0 Å². The van der Waals surface area contributed by atoms with Crippen molar-refractivity contribution >= 4 is 5.97 Å². The van der Waals surface area contributed by atoms with Crippen molar-refractivity contribution in [3.05, 3.63) is 35.5 Å². The third-order valence-corrected chi connectivity index (χ3v) is 8.36. The summed E-state index contributed by atoms with van der Waals surface area (Å²) in [6.07, 6.45) is 13.8. The molecule has 154 valence electrons. The molecule has 0 unspecified atom stereocenters. The number of hydrogen-bond donors (Lipinski definition) is 1. The first-order valence-electron chi connectivity index (χ1n) is 11.1. The highest BCUT2D eigenvalue weighted by Gasteiger charge is 2.61. The zero-order chi connectivity index (χ0) is 20.3. The van der Waals surface area contributed by atoms with E-state index < -0.39 is 5.60 Å². The van der Waals surface area contributed by atoms with E-state index in [1.54, 1.807) is 0 Å². The lowest BCUT2D eigenvalue weighted by Crippen LogP contribution is -2.40. The van der Waals surface area contributed by atoms with E-state index in [2.05, 4.69) is 52.0 Å². The second-order valence-corrected chi connectivity index (χ2v) is 10.7. The molecule has 0 aromatic heterocycles. The third kappa shape index (κ3) is 3.20. The van der Waals surface area contributed by atoms with Crippen molar-refractivity contribution in [2.45, 2.75) is 78.4 Å². The van der Waals surface area contributed by atoms with Crippen LogP contribution in [0.3, 0.4) is 0 Å². The van der Waals surface area contributed by atoms with Gasteiger partial charge in [0.2, 0.25) is 0 Å². The minimum absolute atomic E-state index is 0.0920. The smallest absolute Gasteiger partial charge is 0.334 e. The number of rotatable bonds is 3. The molecule has 2 saturated carbocycles. The van der Waals surface area contributed by atoms with Gasteiger partial charge in [-0.25, -0.2) is 4.79 Å². The first-order valence-corrected chi connectivity index (χ1v) is 11.1. The van der Waals surface area contributed by atoms with E-state index in [0.29, 0.717) is 24.2 Å². The molecule has 1 saturated heterocycles. The van der Waals surface area contributed by atoms with Gasteiger partial charge in [0.05, 0.1) is 5.60 Å². The summed E-state index contributed by atoms with van der Waals surface area (Å²) in [7, 11) is 0. The van der Waals surface area contributed by atoms with E-state index >= 15 is 0 Å². The number of esters is 1. The summed E-state index contributed by atoms with van der Waals surface area (Å²) in [5.74, 6) is 1.77. The number of carbonyl (C=O) groups is 1. The standard InChI is InChI=1S/C25H36O3/c1-15(2)7-6-8-16(3)17-11-12-24(4)13-20-22-18(9-10-19(17)24)23(26)28-21(22)14-25(20,5)27/h6-9,16-17,19-22,27H,10-14H2,1-5H3/b8-6-,18-9?/t16-,17+,19-,20-,21-,22+,24+,25+/m0/s1. The van der Waals surface area contributed by atoms with Gasteiger partial charge in [-0.05, 0) is 75.5 Å². The van der Waals surface area contributed by atoms with Gasteiger partial charge in [0.1, 0.15) is 6.10 Å². The molecule has 0 aromatic rings. The summed E-state index contributed by atoms with van der Waals surface area (Å²) >= 11 is 0. The van der Waals surface area contributed by atoms with Crippen LogP contribution in [-0.2, 0) is 9.53 Å². The fourth-order valence-corrected chi connectivity index (χ4v) is 6.84. The number of hydrogen-bond acceptors (Lipinski definition) is 3. The SMILES string of the molecule is CC(C)=C/C=C\[C@H](C)[C@H]1CC[C@]2(C)C[C@H]3[C@H]4C(=CC[C@@H]12)C(=O)O[C@H]4C[C@@]3(C)O. The number of carbonyl (C=O) groups excluding carboxylic acids is 1. The lowest BCUT2D eigenvalue weighted by molar-refractivity contribution is -0.140. The van der Waals surface area contributed by atoms with Crippen LogP contribution in [0, 0.1) is 35.0 Å². The fourth-order valence-electron chi connectivity index (χ4n) is 6.84. The highest BCUT2D eigenvalue weighted by Crippen LogP contribution is 2.61. The molecule has 3 fully saturated rings. The maximum Gasteiger partial charge on any atom is 0.334 e. The predicted molar refractivity (Wildman–Crippen MR) is 111 cm³/mol. The van der Waals surface area contributed by atoms with E-state index in [9.17, 15) is 9.90 Å². The van der Waals surface area contributed by atoms with Gasteiger partial charge in [-0.15, -0.1) is 0 Å². The Kier molecular flexibility index (Phi) is 4.89. The van der Waals surface area contributed by atoms with Crippen LogP contribution in [0.25, 0.3) is 0 Å². The Morgan fingerprint density at radius 1 is 1.29 bits per heavy atom. The fraction of sp³-hybridized carbons (Fsp3) is 0.720. The lowest BCUT2D eigenvalue weighted by atomic mass is 9.63. The largest absolute Gasteiger partial charge is 0.458 e. The molecule has 4 aliphatic rings. The molecular weight excluding hydrogens is 348 g/mol. The quantitative estimate of drug-likeness (QED) is 0.537. The molecule has 28 heavy (non-hydrogen) atoms. The molecule has 0 bridgehead atoms. The average Bonchev–Trinajstić information content (AvgIpc) is 3.12. The molecule has 3 nitrogen and oxygen atoms in total. The molecule has 0 spiro atoms. The van der Waals surface area contributed by atoms with Crippen molar-refractivity contribution in [3.63, 3.8) is 0 Å². The lowest BCUT2D eigenvalue weighted by Gasteiger charge is -2.42. The molecule has 0 radical (unpaired) electrons. The van der Waals surface area contributed by atoms with Gasteiger partial charge in [-0.2, -0.15) is 0 Å². The highest BCUT2D eigenvalue weighted by atomic mass is 16.6. The Labute approximate surface area is 169 Å². The van der Waals surface area contributed by atoms with Gasteiger partial charge in [0.25, 0.3) is 0 Å². The van der Waals surface area contributed by atoms with Gasteiger partial charge in [0.15, 0.2) is 0 Å². The first-order chi connectivity index (χ1) is 13.1. The zero-order valence-electron chi connectivity index (χ0n) is 18.1. The summed E-state index contributed by atoms with van der Waals surface area (Å²) in [5, 5.41) is 11.2. The molecule has 1 N–H and O–H groups in total. The highest BCUT2D eigenvalue weighted by molar-refractivity contribution is 5.92. The van der Waals surface area contributed by atoms with Gasteiger partial charge in [-0.1, -0.05) is 43.7 Å². The van der Waals surface area contributed by atoms with Crippen molar-refractivity contribution in [1.29, 1.82) is 0 Å². The monoisotopic (exact) mass is 384 g/mol. The molecule has 3 heteroatoms. The van der Waals surface area contributed by atoms with Crippen LogP contribution in [0.1, 0.15) is 66.7 Å². The third-order valence-electron chi connectivity index (χ3n) is 8.36. The summed E-state index contributed by atoms with van der Waals surface area (Å²) in [5.41, 5.74) is 1.65. The van der Waals surface area contributed by atoms with Crippen LogP contribution in [-0.4, -0.2) is 22.8 Å². The Hall–Kier alpha value is -1.35. The molecule has 4 rings (SSSR count). The molecular formula is C25H36O3. The second-order valence-electron chi connectivity index (χ2n) is 10.7. The topological polar surface area (TPSA) is 46.5 Å². The Bertz CT molecular complexity index is 739. The Balaban J connectivity index is 1.64. The molecule has 0 aromatic carbocycles. The van der Waals surface area contributed by atoms with Crippen molar-refractivity contribution < 1.29 is 14.6 Å². The predicted octanol–water partition coefficient (Wildman–Crippen LogP) is 5.21. The van der Waals surface area contributed by atoms with Crippen LogP contribution in [0.15, 0.2) is 35.5 Å². The summed E-state index contributed by atoms with van der Waals surface area (Å²) < 4.78 is 5.67. The summed E-state index contributed by atoms with van der Waals surface area (Å²) in [6, 6.07) is 0. The number of fused-ring (bicyclic) bond motifs is 1. The molecule has 3 aliphatic carbocycles. The number of aliphatic hydroxyl groups is 1. The maximum absolute atomic E-state index is 12.5. The first kappa shape index (κ1) is 19.9. The van der Waals surface area contributed by atoms with E-state index in [1.807, 2.05) is 6.92 Å². The Morgan fingerprint density at radius 2 is 2.04 bits per heavy atom. The van der Waals surface area contributed by atoms with Crippen LogP contribution in [0.5, 0.6) is 0 Å². The zero-order valence-corrected chi connectivity index (χ0v) is 18.1. The van der Waals surface area contributed by atoms with Crippen molar-refractivity contribution in [2.24, 2.45) is 35.0 Å². The van der Waals surface area contributed by atoms with Gasteiger partial charge < -0.3 is 9.84 Å².